The molecule has 0 radical (unpaired) electrons. The van der Waals surface area contributed by atoms with Gasteiger partial charge < -0.3 is 0 Å². The van der Waals surface area contributed by atoms with Gasteiger partial charge >= 0.3 is 0 Å². The van der Waals surface area contributed by atoms with Crippen molar-refractivity contribution in [1.29, 1.82) is 0 Å². The molecule has 18 heavy (non-hydrogen) atoms. The van der Waals surface area contributed by atoms with Crippen LogP contribution >= 0.6 is 0 Å². The van der Waals surface area contributed by atoms with Crippen molar-refractivity contribution in [3.05, 3.63) is 35.7 Å². The van der Waals surface area contributed by atoms with Gasteiger partial charge in [-0.25, -0.2) is 4.98 Å². The van der Waals surface area contributed by atoms with Crippen LogP contribution in [0.4, 0.5) is 0 Å². The van der Waals surface area contributed by atoms with Gasteiger partial charge in [-0.1, -0.05) is 52.0 Å². The minimum Gasteiger partial charge on any atom is -0.263 e. The predicted octanol–water partition coefficient (Wildman–Crippen LogP) is 3.72. The molecule has 96 valence electrons. The van der Waals surface area contributed by atoms with Crippen LogP contribution in [0.5, 0.6) is 0 Å². The van der Waals surface area contributed by atoms with Crippen LogP contribution < -0.4 is 0 Å². The highest BCUT2D eigenvalue weighted by molar-refractivity contribution is 5.61. The largest absolute Gasteiger partial charge is 0.263 e. The quantitative estimate of drug-likeness (QED) is 0.892. The Hall–Kier alpha value is -1.64. The minimum atomic E-state index is 0.0993. The van der Waals surface area contributed by atoms with E-state index in [9.17, 15) is 0 Å². The van der Waals surface area contributed by atoms with E-state index < -0.39 is 0 Å². The zero-order chi connectivity index (χ0) is 13.2. The molecular formula is C15H21N3. The summed E-state index contributed by atoms with van der Waals surface area (Å²) in [5, 5.41) is 7.37. The summed E-state index contributed by atoms with van der Waals surface area (Å²) in [5.74, 6) is 1.78. The third-order valence-electron chi connectivity index (χ3n) is 2.99. The number of aryl methyl sites for hydroxylation is 1. The molecule has 0 unspecified atom stereocenters. The highest BCUT2D eigenvalue weighted by atomic mass is 15.2. The molecule has 0 amide bonds. The number of H-pyrrole nitrogens is 1. The maximum atomic E-state index is 4.58. The van der Waals surface area contributed by atoms with Crippen molar-refractivity contribution < 1.29 is 0 Å². The highest BCUT2D eigenvalue weighted by Gasteiger charge is 2.20. The summed E-state index contributed by atoms with van der Waals surface area (Å²) in [6.45, 7) is 8.79. The molecule has 0 spiro atoms. The Morgan fingerprint density at radius 3 is 2.56 bits per heavy atom. The Kier molecular flexibility index (Phi) is 3.50. The van der Waals surface area contributed by atoms with Crippen LogP contribution in [0.25, 0.3) is 11.4 Å². The summed E-state index contributed by atoms with van der Waals surface area (Å²) in [6.07, 6.45) is 2.03. The van der Waals surface area contributed by atoms with E-state index in [0.717, 1.165) is 30.1 Å². The summed E-state index contributed by atoms with van der Waals surface area (Å²) in [4.78, 5) is 4.58. The third-order valence-corrected chi connectivity index (χ3v) is 2.99. The maximum absolute atomic E-state index is 4.58. The van der Waals surface area contributed by atoms with Gasteiger partial charge in [0, 0.05) is 12.0 Å². The average Bonchev–Trinajstić information content (AvgIpc) is 2.77. The predicted molar refractivity (Wildman–Crippen MR) is 74.5 cm³/mol. The Morgan fingerprint density at radius 2 is 1.89 bits per heavy atom. The SMILES string of the molecule is CCCc1nc(-c2ccccc2C(C)(C)C)n[nH]1. The Bertz CT molecular complexity index is 521. The fraction of sp³-hybridized carbons (Fsp3) is 0.467. The smallest absolute Gasteiger partial charge is 0.181 e. The molecule has 1 N–H and O–H groups in total. The lowest BCUT2D eigenvalue weighted by atomic mass is 9.83. The van der Waals surface area contributed by atoms with Crippen LogP contribution in [-0.4, -0.2) is 15.2 Å². The zero-order valence-corrected chi connectivity index (χ0v) is 11.6. The first-order valence-electron chi connectivity index (χ1n) is 6.53. The van der Waals surface area contributed by atoms with E-state index in [-0.39, 0.29) is 5.41 Å². The maximum Gasteiger partial charge on any atom is 0.181 e. The number of benzene rings is 1. The summed E-state index contributed by atoms with van der Waals surface area (Å²) in [6, 6.07) is 8.37. The Labute approximate surface area is 109 Å². The topological polar surface area (TPSA) is 41.6 Å². The molecule has 0 saturated heterocycles. The second-order valence-electron chi connectivity index (χ2n) is 5.65. The molecule has 0 atom stereocenters. The molecule has 0 aliphatic carbocycles. The molecule has 0 aliphatic rings. The van der Waals surface area contributed by atoms with Crippen LogP contribution in [0.2, 0.25) is 0 Å². The Morgan fingerprint density at radius 1 is 1.17 bits per heavy atom. The molecule has 3 nitrogen and oxygen atoms in total. The van der Waals surface area contributed by atoms with Crippen molar-refractivity contribution in [3.8, 4) is 11.4 Å². The van der Waals surface area contributed by atoms with E-state index in [2.05, 4.69) is 61.1 Å². The van der Waals surface area contributed by atoms with Gasteiger partial charge in [0.25, 0.3) is 0 Å². The summed E-state index contributed by atoms with van der Waals surface area (Å²) in [5.41, 5.74) is 2.51. The van der Waals surface area contributed by atoms with Crippen LogP contribution in [0.1, 0.15) is 45.5 Å². The van der Waals surface area contributed by atoms with Crippen molar-refractivity contribution in [2.24, 2.45) is 0 Å². The van der Waals surface area contributed by atoms with Gasteiger partial charge in [0.15, 0.2) is 5.82 Å². The van der Waals surface area contributed by atoms with E-state index in [0.29, 0.717) is 0 Å². The van der Waals surface area contributed by atoms with Gasteiger partial charge in [-0.15, -0.1) is 0 Å². The second-order valence-corrected chi connectivity index (χ2v) is 5.65. The molecule has 3 heteroatoms. The third kappa shape index (κ3) is 2.61. The highest BCUT2D eigenvalue weighted by Crippen LogP contribution is 2.30. The lowest BCUT2D eigenvalue weighted by molar-refractivity contribution is 0.591. The van der Waals surface area contributed by atoms with Crippen LogP contribution in [0.15, 0.2) is 24.3 Å². The van der Waals surface area contributed by atoms with Crippen molar-refractivity contribution in [2.45, 2.75) is 46.0 Å². The number of rotatable bonds is 3. The molecule has 0 saturated carbocycles. The standard InChI is InChI=1S/C15H21N3/c1-5-8-13-16-14(18-17-13)11-9-6-7-10-12(11)15(2,3)4/h6-7,9-10H,5,8H2,1-4H3,(H,16,17,18). The molecule has 0 bridgehead atoms. The minimum absolute atomic E-state index is 0.0993. The van der Waals surface area contributed by atoms with Gasteiger partial charge in [-0.3, -0.25) is 5.10 Å². The number of aromatic amines is 1. The van der Waals surface area contributed by atoms with Crippen LogP contribution in [0.3, 0.4) is 0 Å². The summed E-state index contributed by atoms with van der Waals surface area (Å²) < 4.78 is 0. The number of aromatic nitrogens is 3. The lowest BCUT2D eigenvalue weighted by Crippen LogP contribution is -2.12. The summed E-state index contributed by atoms with van der Waals surface area (Å²) in [7, 11) is 0. The van der Waals surface area contributed by atoms with Gasteiger partial charge in [0.1, 0.15) is 5.82 Å². The summed E-state index contributed by atoms with van der Waals surface area (Å²) >= 11 is 0. The fourth-order valence-corrected chi connectivity index (χ4v) is 2.10. The average molecular weight is 243 g/mol. The van der Waals surface area contributed by atoms with Crippen molar-refractivity contribution in [2.75, 3.05) is 0 Å². The Balaban J connectivity index is 2.43. The van der Waals surface area contributed by atoms with E-state index in [1.54, 1.807) is 0 Å². The van der Waals surface area contributed by atoms with Gasteiger partial charge in [0.05, 0.1) is 0 Å². The number of nitrogens with zero attached hydrogens (tertiary/aromatic N) is 2. The second kappa shape index (κ2) is 4.92. The van der Waals surface area contributed by atoms with E-state index in [4.69, 9.17) is 0 Å². The first-order valence-corrected chi connectivity index (χ1v) is 6.53. The van der Waals surface area contributed by atoms with E-state index >= 15 is 0 Å². The monoisotopic (exact) mass is 243 g/mol. The molecule has 0 fully saturated rings. The number of hydrogen-bond acceptors (Lipinski definition) is 2. The van der Waals surface area contributed by atoms with Crippen LogP contribution in [0, 0.1) is 0 Å². The molecule has 1 aromatic heterocycles. The fourth-order valence-electron chi connectivity index (χ4n) is 2.10. The van der Waals surface area contributed by atoms with Crippen molar-refractivity contribution in [1.82, 2.24) is 15.2 Å². The molecule has 0 aliphatic heterocycles. The first-order chi connectivity index (χ1) is 8.52. The van der Waals surface area contributed by atoms with Gasteiger partial charge in [0.2, 0.25) is 0 Å². The lowest BCUT2D eigenvalue weighted by Gasteiger charge is -2.21. The molecule has 1 heterocycles. The van der Waals surface area contributed by atoms with Gasteiger partial charge in [-0.05, 0) is 17.4 Å². The number of nitrogens with one attached hydrogen (secondary N) is 1. The van der Waals surface area contributed by atoms with E-state index in [1.165, 1.54) is 5.56 Å². The van der Waals surface area contributed by atoms with Crippen molar-refractivity contribution in [3.63, 3.8) is 0 Å². The van der Waals surface area contributed by atoms with Crippen LogP contribution in [-0.2, 0) is 11.8 Å². The van der Waals surface area contributed by atoms with Crippen molar-refractivity contribution >= 4 is 0 Å². The molecular weight excluding hydrogens is 222 g/mol. The molecule has 2 rings (SSSR count). The van der Waals surface area contributed by atoms with E-state index in [1.807, 2.05) is 6.07 Å². The molecule has 1 aromatic carbocycles. The zero-order valence-electron chi connectivity index (χ0n) is 11.6. The molecule has 2 aromatic rings. The number of hydrogen-bond donors (Lipinski definition) is 1. The van der Waals surface area contributed by atoms with Gasteiger partial charge in [-0.2, -0.15) is 5.10 Å². The first kappa shape index (κ1) is 12.8. The normalized spacial score (nSPS) is 11.8.